The summed E-state index contributed by atoms with van der Waals surface area (Å²) in [5, 5.41) is 6.57. The van der Waals surface area contributed by atoms with Crippen molar-refractivity contribution >= 4 is 28.2 Å². The molecule has 0 aliphatic heterocycles. The van der Waals surface area contributed by atoms with Crippen molar-refractivity contribution in [2.75, 3.05) is 11.9 Å². The highest BCUT2D eigenvalue weighted by molar-refractivity contribution is 7.17. The van der Waals surface area contributed by atoms with Gasteiger partial charge in [0.15, 0.2) is 5.13 Å². The lowest BCUT2D eigenvalue weighted by molar-refractivity contribution is 0.0959. The van der Waals surface area contributed by atoms with Gasteiger partial charge in [-0.05, 0) is 32.9 Å². The van der Waals surface area contributed by atoms with Gasteiger partial charge in [0, 0.05) is 12.2 Å². The molecule has 0 unspecified atom stereocenters. The zero-order valence-electron chi connectivity index (χ0n) is 11.2. The van der Waals surface area contributed by atoms with Gasteiger partial charge >= 0.3 is 0 Å². The predicted molar refractivity (Wildman–Crippen MR) is 77.1 cm³/mol. The predicted octanol–water partition coefficient (Wildman–Crippen LogP) is 2.65. The molecule has 2 aromatic rings. The van der Waals surface area contributed by atoms with E-state index in [0.717, 1.165) is 17.2 Å². The van der Waals surface area contributed by atoms with E-state index in [1.807, 2.05) is 39.0 Å². The van der Waals surface area contributed by atoms with Crippen molar-refractivity contribution in [3.63, 3.8) is 0 Å². The van der Waals surface area contributed by atoms with Gasteiger partial charge in [-0.1, -0.05) is 17.4 Å². The first-order valence-corrected chi connectivity index (χ1v) is 6.88. The van der Waals surface area contributed by atoms with Crippen molar-refractivity contribution in [1.82, 2.24) is 15.3 Å². The van der Waals surface area contributed by atoms with Crippen LogP contribution in [0.15, 0.2) is 18.2 Å². The average molecular weight is 276 g/mol. The number of rotatable bonds is 4. The molecule has 6 heteroatoms. The van der Waals surface area contributed by atoms with Crippen LogP contribution in [0.5, 0.6) is 0 Å². The Morgan fingerprint density at radius 2 is 2.11 bits per heavy atom. The van der Waals surface area contributed by atoms with Crippen molar-refractivity contribution in [2.45, 2.75) is 20.8 Å². The Hall–Kier alpha value is -1.95. The molecule has 0 bridgehead atoms. The fraction of sp³-hybridized carbons (Fsp3) is 0.308. The second kappa shape index (κ2) is 5.79. The van der Waals surface area contributed by atoms with Crippen LogP contribution in [-0.2, 0) is 0 Å². The number of nitrogens with zero attached hydrogens (tertiary/aromatic N) is 2. The first kappa shape index (κ1) is 13.5. The van der Waals surface area contributed by atoms with Gasteiger partial charge in [-0.25, -0.2) is 9.97 Å². The molecule has 1 amide bonds. The van der Waals surface area contributed by atoms with E-state index >= 15 is 0 Å². The minimum Gasteiger partial charge on any atom is -0.352 e. The molecule has 0 atom stereocenters. The number of carbonyl (C=O) groups excluding carboxylic acids is 1. The van der Waals surface area contributed by atoms with E-state index in [9.17, 15) is 4.79 Å². The number of hydrogen-bond acceptors (Lipinski definition) is 5. The Labute approximate surface area is 116 Å². The van der Waals surface area contributed by atoms with Crippen molar-refractivity contribution in [2.24, 2.45) is 0 Å². The van der Waals surface area contributed by atoms with Crippen LogP contribution in [0.4, 0.5) is 10.9 Å². The molecule has 2 rings (SSSR count). The molecule has 2 aromatic heterocycles. The molecule has 100 valence electrons. The number of carbonyl (C=O) groups is 1. The molecule has 0 radical (unpaired) electrons. The smallest absolute Gasteiger partial charge is 0.263 e. The minimum absolute atomic E-state index is 0.0808. The fourth-order valence-corrected chi connectivity index (χ4v) is 2.51. The minimum atomic E-state index is -0.0808. The Kier molecular flexibility index (Phi) is 4.11. The van der Waals surface area contributed by atoms with Crippen LogP contribution in [0.2, 0.25) is 0 Å². The third kappa shape index (κ3) is 3.29. The maximum absolute atomic E-state index is 11.8. The second-order valence-corrected chi connectivity index (χ2v) is 5.08. The van der Waals surface area contributed by atoms with Crippen LogP contribution in [-0.4, -0.2) is 22.4 Å². The van der Waals surface area contributed by atoms with Gasteiger partial charge in [-0.15, -0.1) is 0 Å². The van der Waals surface area contributed by atoms with Crippen LogP contribution in [0.3, 0.4) is 0 Å². The standard InChI is InChI=1S/C13H16N4OS/c1-4-14-12(18)11-9(3)16-13(19-11)17-10-7-5-6-8(2)15-10/h5-7H,4H2,1-3H3,(H,14,18)(H,15,16,17). The van der Waals surface area contributed by atoms with Crippen molar-refractivity contribution in [1.29, 1.82) is 0 Å². The molecule has 19 heavy (non-hydrogen) atoms. The highest BCUT2D eigenvalue weighted by atomic mass is 32.1. The molecule has 2 heterocycles. The van der Waals surface area contributed by atoms with Gasteiger partial charge in [0.05, 0.1) is 5.69 Å². The zero-order valence-corrected chi connectivity index (χ0v) is 12.0. The third-order valence-electron chi connectivity index (χ3n) is 2.46. The van der Waals surface area contributed by atoms with Crippen LogP contribution < -0.4 is 10.6 Å². The topological polar surface area (TPSA) is 66.9 Å². The summed E-state index contributed by atoms with van der Waals surface area (Å²) in [6.45, 7) is 6.26. The number of pyridine rings is 1. The molecular weight excluding hydrogens is 260 g/mol. The van der Waals surface area contributed by atoms with Crippen molar-refractivity contribution < 1.29 is 4.79 Å². The summed E-state index contributed by atoms with van der Waals surface area (Å²) in [7, 11) is 0. The summed E-state index contributed by atoms with van der Waals surface area (Å²) in [4.78, 5) is 21.1. The van der Waals surface area contributed by atoms with E-state index < -0.39 is 0 Å². The van der Waals surface area contributed by atoms with Gasteiger partial charge in [0.1, 0.15) is 10.7 Å². The van der Waals surface area contributed by atoms with E-state index in [1.54, 1.807) is 0 Å². The van der Waals surface area contributed by atoms with Gasteiger partial charge in [0.25, 0.3) is 5.91 Å². The van der Waals surface area contributed by atoms with Crippen molar-refractivity contribution in [3.8, 4) is 0 Å². The maximum Gasteiger partial charge on any atom is 0.263 e. The lowest BCUT2D eigenvalue weighted by Gasteiger charge is -2.01. The van der Waals surface area contributed by atoms with E-state index in [2.05, 4.69) is 20.6 Å². The number of amides is 1. The largest absolute Gasteiger partial charge is 0.352 e. The third-order valence-corrected chi connectivity index (χ3v) is 3.54. The molecule has 2 N–H and O–H groups in total. The van der Waals surface area contributed by atoms with Gasteiger partial charge in [0.2, 0.25) is 0 Å². The van der Waals surface area contributed by atoms with Crippen LogP contribution >= 0.6 is 11.3 Å². The molecule has 0 aromatic carbocycles. The second-order valence-electron chi connectivity index (χ2n) is 4.08. The number of anilines is 2. The van der Waals surface area contributed by atoms with E-state index in [1.165, 1.54) is 11.3 Å². The highest BCUT2D eigenvalue weighted by Gasteiger charge is 2.14. The molecule has 0 saturated heterocycles. The van der Waals surface area contributed by atoms with Crippen LogP contribution in [0.25, 0.3) is 0 Å². The number of aryl methyl sites for hydroxylation is 2. The maximum atomic E-state index is 11.8. The van der Waals surface area contributed by atoms with Gasteiger partial charge in [-0.2, -0.15) is 0 Å². The zero-order chi connectivity index (χ0) is 13.8. The molecule has 5 nitrogen and oxygen atoms in total. The summed E-state index contributed by atoms with van der Waals surface area (Å²) >= 11 is 1.33. The van der Waals surface area contributed by atoms with E-state index in [0.29, 0.717) is 16.6 Å². The monoisotopic (exact) mass is 276 g/mol. The molecule has 0 saturated carbocycles. The first-order chi connectivity index (χ1) is 9.10. The number of aromatic nitrogens is 2. The van der Waals surface area contributed by atoms with E-state index in [-0.39, 0.29) is 5.91 Å². The molecular formula is C13H16N4OS. The fourth-order valence-electron chi connectivity index (χ4n) is 1.62. The number of thiazole rings is 1. The first-order valence-electron chi connectivity index (χ1n) is 6.06. The SMILES string of the molecule is CCNC(=O)c1sc(Nc2cccc(C)n2)nc1C. The van der Waals surface area contributed by atoms with Crippen LogP contribution in [0.1, 0.15) is 28.0 Å². The number of hydrogen-bond donors (Lipinski definition) is 2. The normalized spacial score (nSPS) is 10.3. The summed E-state index contributed by atoms with van der Waals surface area (Å²) < 4.78 is 0. The van der Waals surface area contributed by atoms with Gasteiger partial charge < -0.3 is 10.6 Å². The summed E-state index contributed by atoms with van der Waals surface area (Å²) in [6, 6.07) is 5.73. The Morgan fingerprint density at radius 1 is 1.32 bits per heavy atom. The summed E-state index contributed by atoms with van der Waals surface area (Å²) in [6.07, 6.45) is 0. The number of nitrogens with one attached hydrogen (secondary N) is 2. The Balaban J connectivity index is 2.18. The average Bonchev–Trinajstić information content (AvgIpc) is 2.70. The van der Waals surface area contributed by atoms with Crippen molar-refractivity contribution in [3.05, 3.63) is 34.5 Å². The van der Waals surface area contributed by atoms with Gasteiger partial charge in [-0.3, -0.25) is 4.79 Å². The van der Waals surface area contributed by atoms with Crippen LogP contribution in [0, 0.1) is 13.8 Å². The lowest BCUT2D eigenvalue weighted by Crippen LogP contribution is -2.22. The molecule has 0 aliphatic carbocycles. The molecule has 0 fully saturated rings. The Bertz CT molecular complexity index is 594. The lowest BCUT2D eigenvalue weighted by atomic mass is 10.4. The summed E-state index contributed by atoms with van der Waals surface area (Å²) in [5.41, 5.74) is 1.66. The molecule has 0 aliphatic rings. The quantitative estimate of drug-likeness (QED) is 0.901. The summed E-state index contributed by atoms with van der Waals surface area (Å²) in [5.74, 6) is 0.652. The highest BCUT2D eigenvalue weighted by Crippen LogP contribution is 2.25. The Morgan fingerprint density at radius 3 is 2.79 bits per heavy atom. The molecule has 0 spiro atoms. The van der Waals surface area contributed by atoms with E-state index in [4.69, 9.17) is 0 Å².